The van der Waals surface area contributed by atoms with Gasteiger partial charge in [0.15, 0.2) is 0 Å². The van der Waals surface area contributed by atoms with E-state index in [9.17, 15) is 8.42 Å². The van der Waals surface area contributed by atoms with Gasteiger partial charge < -0.3 is 5.11 Å². The Kier molecular flexibility index (Phi) is 3.91. The molecule has 1 aromatic carbocycles. The Labute approximate surface area is 91.1 Å². The van der Waals surface area contributed by atoms with Crippen LogP contribution in [0.15, 0.2) is 24.3 Å². The van der Waals surface area contributed by atoms with Gasteiger partial charge in [0.05, 0.1) is 12.3 Å². The fraction of sp³-hybridized carbons (Fsp3) is 0.250. The van der Waals surface area contributed by atoms with E-state index in [1.54, 1.807) is 24.3 Å². The molecule has 0 spiro atoms. The molecule has 0 fully saturated rings. The minimum absolute atomic E-state index is 0.167. The average Bonchev–Trinajstić information content (AvgIpc) is 2.18. The standard InChI is InChI=1S/C8H10BrNO3S/c9-6-14(12,13)10-8-4-2-1-3-7(8)5-11/h1-4,10-11H,5-6H2. The second kappa shape index (κ2) is 4.77. The van der Waals surface area contributed by atoms with E-state index in [1.165, 1.54) is 0 Å². The highest BCUT2D eigenvalue weighted by Gasteiger charge is 2.09. The quantitative estimate of drug-likeness (QED) is 0.816. The van der Waals surface area contributed by atoms with Gasteiger partial charge in [-0.25, -0.2) is 8.42 Å². The summed E-state index contributed by atoms with van der Waals surface area (Å²) in [5.41, 5.74) is 0.964. The van der Waals surface area contributed by atoms with Crippen LogP contribution in [-0.4, -0.2) is 18.2 Å². The summed E-state index contributed by atoms with van der Waals surface area (Å²) < 4.78 is 24.6. The van der Waals surface area contributed by atoms with Gasteiger partial charge in [-0.05, 0) is 6.07 Å². The van der Waals surface area contributed by atoms with Crippen molar-refractivity contribution < 1.29 is 13.5 Å². The molecule has 0 radical (unpaired) electrons. The molecule has 6 heteroatoms. The fourth-order valence-electron chi connectivity index (χ4n) is 0.953. The molecule has 0 aromatic heterocycles. The highest BCUT2D eigenvalue weighted by molar-refractivity contribution is 9.10. The number of hydrogen-bond donors (Lipinski definition) is 2. The van der Waals surface area contributed by atoms with Crippen molar-refractivity contribution in [3.05, 3.63) is 29.8 Å². The van der Waals surface area contributed by atoms with Gasteiger partial charge in [-0.3, -0.25) is 4.72 Å². The van der Waals surface area contributed by atoms with Crippen molar-refractivity contribution in [2.24, 2.45) is 0 Å². The molecule has 78 valence electrons. The molecule has 0 bridgehead atoms. The number of aliphatic hydroxyl groups excluding tert-OH is 1. The first-order valence-electron chi connectivity index (χ1n) is 3.84. The van der Waals surface area contributed by atoms with Crippen molar-refractivity contribution in [1.29, 1.82) is 0 Å². The molecule has 4 nitrogen and oxygen atoms in total. The number of alkyl halides is 1. The second-order valence-electron chi connectivity index (χ2n) is 2.64. The van der Waals surface area contributed by atoms with E-state index < -0.39 is 10.0 Å². The summed E-state index contributed by atoms with van der Waals surface area (Å²) in [4.78, 5) is 0. The van der Waals surface area contributed by atoms with Crippen LogP contribution in [0, 0.1) is 0 Å². The molecule has 0 unspecified atom stereocenters. The Balaban J connectivity index is 2.97. The van der Waals surface area contributed by atoms with Gasteiger partial charge in [-0.15, -0.1) is 0 Å². The number of aliphatic hydroxyl groups is 1. The van der Waals surface area contributed by atoms with Gasteiger partial charge in [0.1, 0.15) is 4.66 Å². The Morgan fingerprint density at radius 3 is 2.57 bits per heavy atom. The van der Waals surface area contributed by atoms with Crippen molar-refractivity contribution in [3.63, 3.8) is 0 Å². The summed E-state index contributed by atoms with van der Waals surface area (Å²) in [7, 11) is -3.35. The van der Waals surface area contributed by atoms with Gasteiger partial charge >= 0.3 is 0 Å². The minimum atomic E-state index is -3.35. The van der Waals surface area contributed by atoms with E-state index in [-0.39, 0.29) is 11.3 Å². The molecule has 0 saturated heterocycles. The molecule has 0 aliphatic carbocycles. The number of hydrogen-bond acceptors (Lipinski definition) is 3. The smallest absolute Gasteiger partial charge is 0.242 e. The van der Waals surface area contributed by atoms with Crippen molar-refractivity contribution in [2.45, 2.75) is 6.61 Å². The lowest BCUT2D eigenvalue weighted by Gasteiger charge is -2.08. The molecule has 1 rings (SSSR count). The average molecular weight is 280 g/mol. The van der Waals surface area contributed by atoms with E-state index in [4.69, 9.17) is 5.11 Å². The maximum atomic E-state index is 11.2. The zero-order valence-electron chi connectivity index (χ0n) is 7.27. The van der Waals surface area contributed by atoms with E-state index in [0.29, 0.717) is 11.3 Å². The van der Waals surface area contributed by atoms with Crippen LogP contribution in [0.4, 0.5) is 5.69 Å². The van der Waals surface area contributed by atoms with Gasteiger partial charge in [0.2, 0.25) is 10.0 Å². The Bertz CT molecular complexity index is 405. The lowest BCUT2D eigenvalue weighted by molar-refractivity contribution is 0.282. The number of anilines is 1. The van der Waals surface area contributed by atoms with E-state index in [2.05, 4.69) is 20.7 Å². The van der Waals surface area contributed by atoms with Gasteiger partial charge in [-0.2, -0.15) is 0 Å². The maximum absolute atomic E-state index is 11.2. The molecule has 0 amide bonds. The number of para-hydroxylation sites is 1. The molecular formula is C8H10BrNO3S. The molecule has 0 aliphatic rings. The first kappa shape index (κ1) is 11.5. The van der Waals surface area contributed by atoms with Crippen LogP contribution in [0.3, 0.4) is 0 Å². The van der Waals surface area contributed by atoms with Crippen LogP contribution >= 0.6 is 15.9 Å². The summed E-state index contributed by atoms with van der Waals surface area (Å²) >= 11 is 2.86. The monoisotopic (exact) mass is 279 g/mol. The van der Waals surface area contributed by atoms with E-state index in [0.717, 1.165) is 0 Å². The highest BCUT2D eigenvalue weighted by atomic mass is 79.9. The van der Waals surface area contributed by atoms with Crippen molar-refractivity contribution >= 4 is 31.6 Å². The predicted molar refractivity (Wildman–Crippen MR) is 58.7 cm³/mol. The summed E-state index contributed by atoms with van der Waals surface area (Å²) in [6, 6.07) is 6.70. The summed E-state index contributed by atoms with van der Waals surface area (Å²) in [6.07, 6.45) is 0. The van der Waals surface area contributed by atoms with Crippen LogP contribution in [-0.2, 0) is 16.6 Å². The molecule has 1 aromatic rings. The lowest BCUT2D eigenvalue weighted by Crippen LogP contribution is -2.14. The molecular weight excluding hydrogens is 270 g/mol. The van der Waals surface area contributed by atoms with Crippen LogP contribution in [0.5, 0.6) is 0 Å². The van der Waals surface area contributed by atoms with Crippen molar-refractivity contribution in [3.8, 4) is 0 Å². The molecule has 2 N–H and O–H groups in total. The highest BCUT2D eigenvalue weighted by Crippen LogP contribution is 2.16. The zero-order chi connectivity index (χ0) is 10.6. The van der Waals surface area contributed by atoms with E-state index >= 15 is 0 Å². The van der Waals surface area contributed by atoms with Crippen LogP contribution in [0.2, 0.25) is 0 Å². The minimum Gasteiger partial charge on any atom is -0.392 e. The number of sulfonamides is 1. The first-order chi connectivity index (χ1) is 6.59. The van der Waals surface area contributed by atoms with Gasteiger partial charge in [-0.1, -0.05) is 34.1 Å². The van der Waals surface area contributed by atoms with Crippen LogP contribution < -0.4 is 4.72 Å². The predicted octanol–water partition coefficient (Wildman–Crippen LogP) is 1.27. The third-order valence-electron chi connectivity index (χ3n) is 1.60. The number of rotatable bonds is 4. The van der Waals surface area contributed by atoms with E-state index in [1.807, 2.05) is 0 Å². The topological polar surface area (TPSA) is 66.4 Å². The van der Waals surface area contributed by atoms with Crippen molar-refractivity contribution in [2.75, 3.05) is 9.38 Å². The molecule has 14 heavy (non-hydrogen) atoms. The summed E-state index contributed by atoms with van der Waals surface area (Å²) in [5, 5.41) is 8.94. The zero-order valence-corrected chi connectivity index (χ0v) is 9.68. The lowest BCUT2D eigenvalue weighted by atomic mass is 10.2. The molecule has 0 heterocycles. The van der Waals surface area contributed by atoms with Gasteiger partial charge in [0, 0.05) is 5.56 Å². The molecule has 0 aliphatic heterocycles. The Morgan fingerprint density at radius 1 is 1.36 bits per heavy atom. The number of benzene rings is 1. The molecule has 0 saturated carbocycles. The summed E-state index contributed by atoms with van der Waals surface area (Å²) in [6.45, 7) is -0.193. The van der Waals surface area contributed by atoms with Crippen LogP contribution in [0.25, 0.3) is 0 Å². The first-order valence-corrected chi connectivity index (χ1v) is 6.61. The SMILES string of the molecule is O=S(=O)(CBr)Nc1ccccc1CO. The Hall–Kier alpha value is -0.590. The van der Waals surface area contributed by atoms with Gasteiger partial charge in [0.25, 0.3) is 0 Å². The molecule has 0 atom stereocenters. The van der Waals surface area contributed by atoms with Crippen LogP contribution in [0.1, 0.15) is 5.56 Å². The fourth-order valence-corrected chi connectivity index (χ4v) is 1.88. The summed E-state index contributed by atoms with van der Waals surface area (Å²) in [5.74, 6) is 0. The maximum Gasteiger partial charge on any atom is 0.242 e. The third-order valence-corrected chi connectivity index (χ3v) is 4.22. The second-order valence-corrected chi connectivity index (χ2v) is 5.67. The third kappa shape index (κ3) is 2.97. The normalized spacial score (nSPS) is 11.3. The largest absolute Gasteiger partial charge is 0.392 e. The number of nitrogens with one attached hydrogen (secondary N) is 1. The Morgan fingerprint density at radius 2 is 2.00 bits per heavy atom. The number of halogens is 1. The van der Waals surface area contributed by atoms with Crippen molar-refractivity contribution in [1.82, 2.24) is 0 Å².